The molecule has 3 N–H and O–H groups in total. The van der Waals surface area contributed by atoms with Crippen molar-refractivity contribution in [1.29, 1.82) is 0 Å². The van der Waals surface area contributed by atoms with Crippen molar-refractivity contribution in [3.05, 3.63) is 21.3 Å². The van der Waals surface area contributed by atoms with Crippen molar-refractivity contribution in [2.45, 2.75) is 6.10 Å². The highest BCUT2D eigenvalue weighted by Crippen LogP contribution is 2.23. The maximum absolute atomic E-state index is 9.12. The van der Waals surface area contributed by atoms with Gasteiger partial charge in [0.1, 0.15) is 4.60 Å². The largest absolute Gasteiger partial charge is 0.394 e. The third kappa shape index (κ3) is 3.53. The summed E-state index contributed by atoms with van der Waals surface area (Å²) in [5.74, 6) is 0. The number of hydrogen-bond acceptors (Lipinski definition) is 4. The van der Waals surface area contributed by atoms with E-state index in [-0.39, 0.29) is 13.2 Å². The fourth-order valence-corrected chi connectivity index (χ4v) is 1.53. The Labute approximate surface area is 98.6 Å². The van der Waals surface area contributed by atoms with Crippen LogP contribution in [0.1, 0.15) is 0 Å². The van der Waals surface area contributed by atoms with Crippen LogP contribution in [0.5, 0.6) is 0 Å². The summed E-state index contributed by atoms with van der Waals surface area (Å²) in [7, 11) is 0. The average molecular weight is 326 g/mol. The summed E-state index contributed by atoms with van der Waals surface area (Å²) in [4.78, 5) is 4.05. The average Bonchev–Trinajstić information content (AvgIpc) is 2.19. The molecule has 0 aromatic carbocycles. The van der Waals surface area contributed by atoms with E-state index in [1.165, 1.54) is 0 Å². The fraction of sp³-hybridized carbons (Fsp3) is 0.375. The molecule has 1 atom stereocenters. The zero-order valence-electron chi connectivity index (χ0n) is 7.24. The second kappa shape index (κ2) is 5.65. The van der Waals surface area contributed by atoms with Crippen LogP contribution in [-0.2, 0) is 0 Å². The Morgan fingerprint density at radius 3 is 2.86 bits per heavy atom. The number of anilines is 1. The lowest BCUT2D eigenvalue weighted by molar-refractivity contribution is 0.105. The molecule has 1 unspecified atom stereocenters. The van der Waals surface area contributed by atoms with Gasteiger partial charge >= 0.3 is 0 Å². The van der Waals surface area contributed by atoms with E-state index >= 15 is 0 Å². The monoisotopic (exact) mass is 324 g/mol. The molecule has 0 radical (unpaired) electrons. The maximum atomic E-state index is 9.12. The normalized spacial score (nSPS) is 12.6. The molecular formula is C8H10Br2N2O2. The lowest BCUT2D eigenvalue weighted by atomic mass is 10.3. The Morgan fingerprint density at radius 2 is 2.21 bits per heavy atom. The Morgan fingerprint density at radius 1 is 1.50 bits per heavy atom. The van der Waals surface area contributed by atoms with Crippen LogP contribution in [0.15, 0.2) is 21.3 Å². The number of aromatic nitrogens is 1. The summed E-state index contributed by atoms with van der Waals surface area (Å²) in [6.07, 6.45) is 0.901. The van der Waals surface area contributed by atoms with E-state index in [1.807, 2.05) is 6.07 Å². The first-order valence-corrected chi connectivity index (χ1v) is 5.56. The summed E-state index contributed by atoms with van der Waals surface area (Å²) >= 11 is 6.55. The molecule has 1 aromatic heterocycles. The van der Waals surface area contributed by atoms with Crippen molar-refractivity contribution < 1.29 is 10.2 Å². The Balaban J connectivity index is 2.62. The van der Waals surface area contributed by atoms with Gasteiger partial charge in [0.25, 0.3) is 0 Å². The van der Waals surface area contributed by atoms with Crippen LogP contribution in [-0.4, -0.2) is 34.5 Å². The molecule has 0 saturated carbocycles. The van der Waals surface area contributed by atoms with Gasteiger partial charge in [-0.25, -0.2) is 4.98 Å². The van der Waals surface area contributed by atoms with Gasteiger partial charge < -0.3 is 15.5 Å². The van der Waals surface area contributed by atoms with E-state index in [0.717, 1.165) is 10.2 Å². The van der Waals surface area contributed by atoms with Crippen LogP contribution in [0.4, 0.5) is 5.69 Å². The molecule has 14 heavy (non-hydrogen) atoms. The van der Waals surface area contributed by atoms with Gasteiger partial charge in [0.15, 0.2) is 0 Å². The molecule has 0 aliphatic heterocycles. The molecule has 0 amide bonds. The second-order valence-corrected chi connectivity index (χ2v) is 4.38. The molecule has 1 heterocycles. The van der Waals surface area contributed by atoms with Crippen molar-refractivity contribution in [1.82, 2.24) is 4.98 Å². The minimum Gasteiger partial charge on any atom is -0.394 e. The van der Waals surface area contributed by atoms with E-state index in [4.69, 9.17) is 10.2 Å². The highest BCUT2D eigenvalue weighted by molar-refractivity contribution is 9.11. The summed E-state index contributed by atoms with van der Waals surface area (Å²) in [6.45, 7) is 0.0271. The van der Waals surface area contributed by atoms with E-state index in [9.17, 15) is 0 Å². The highest BCUT2D eigenvalue weighted by Gasteiger charge is 2.05. The van der Waals surface area contributed by atoms with Crippen LogP contribution in [0.2, 0.25) is 0 Å². The van der Waals surface area contributed by atoms with Crippen molar-refractivity contribution in [2.75, 3.05) is 18.5 Å². The van der Waals surface area contributed by atoms with Gasteiger partial charge in [-0.2, -0.15) is 0 Å². The van der Waals surface area contributed by atoms with Gasteiger partial charge in [-0.3, -0.25) is 0 Å². The predicted molar refractivity (Wildman–Crippen MR) is 61.2 cm³/mol. The standard InChI is InChI=1S/C8H10Br2N2O2/c9-5-1-7(8(10)12-2-5)11-3-6(14)4-13/h1-2,6,11,13-14H,3-4H2. The Hall–Kier alpha value is -0.170. The zero-order chi connectivity index (χ0) is 10.6. The van der Waals surface area contributed by atoms with Gasteiger partial charge in [-0.1, -0.05) is 0 Å². The molecule has 1 rings (SSSR count). The second-order valence-electron chi connectivity index (χ2n) is 2.71. The summed E-state index contributed by atoms with van der Waals surface area (Å²) in [6, 6.07) is 1.83. The summed E-state index contributed by atoms with van der Waals surface area (Å²) in [5.41, 5.74) is 0.770. The van der Waals surface area contributed by atoms with E-state index in [2.05, 4.69) is 42.2 Å². The molecule has 4 nitrogen and oxygen atoms in total. The van der Waals surface area contributed by atoms with Crippen LogP contribution >= 0.6 is 31.9 Å². The van der Waals surface area contributed by atoms with Crippen LogP contribution in [0.3, 0.4) is 0 Å². The third-order valence-electron chi connectivity index (χ3n) is 1.54. The number of hydrogen-bond donors (Lipinski definition) is 3. The number of pyridine rings is 1. The molecule has 0 bridgehead atoms. The van der Waals surface area contributed by atoms with E-state index in [1.54, 1.807) is 6.20 Å². The molecule has 0 saturated heterocycles. The van der Waals surface area contributed by atoms with Gasteiger partial charge in [0.05, 0.1) is 18.4 Å². The number of nitrogens with zero attached hydrogens (tertiary/aromatic N) is 1. The smallest absolute Gasteiger partial charge is 0.129 e. The summed E-state index contributed by atoms with van der Waals surface area (Å²) in [5, 5.41) is 20.7. The maximum Gasteiger partial charge on any atom is 0.129 e. The number of nitrogens with one attached hydrogen (secondary N) is 1. The summed E-state index contributed by atoms with van der Waals surface area (Å²) < 4.78 is 1.52. The van der Waals surface area contributed by atoms with Crippen LogP contribution < -0.4 is 5.32 Å². The number of aliphatic hydroxyl groups is 2. The molecule has 1 aromatic rings. The SMILES string of the molecule is OCC(O)CNc1cc(Br)cnc1Br. The quantitative estimate of drug-likeness (QED) is 0.732. The molecular weight excluding hydrogens is 316 g/mol. The first-order valence-electron chi connectivity index (χ1n) is 3.97. The number of rotatable bonds is 4. The topological polar surface area (TPSA) is 65.4 Å². The molecule has 0 aliphatic rings. The van der Waals surface area contributed by atoms with Crippen LogP contribution in [0, 0.1) is 0 Å². The number of halogens is 2. The van der Waals surface area contributed by atoms with Gasteiger partial charge in [-0.15, -0.1) is 0 Å². The highest BCUT2D eigenvalue weighted by atomic mass is 79.9. The predicted octanol–water partition coefficient (Wildman–Crippen LogP) is 1.37. The minimum atomic E-state index is -0.763. The first-order chi connectivity index (χ1) is 6.63. The first kappa shape index (κ1) is 11.9. The molecule has 0 spiro atoms. The van der Waals surface area contributed by atoms with Gasteiger partial charge in [0, 0.05) is 17.2 Å². The van der Waals surface area contributed by atoms with Gasteiger partial charge in [0.2, 0.25) is 0 Å². The lowest BCUT2D eigenvalue weighted by Gasteiger charge is -2.11. The van der Waals surface area contributed by atoms with E-state index in [0.29, 0.717) is 4.60 Å². The van der Waals surface area contributed by atoms with Crippen molar-refractivity contribution in [3.63, 3.8) is 0 Å². The molecule has 0 aliphatic carbocycles. The lowest BCUT2D eigenvalue weighted by Crippen LogP contribution is -2.23. The van der Waals surface area contributed by atoms with Gasteiger partial charge in [-0.05, 0) is 37.9 Å². The van der Waals surface area contributed by atoms with Crippen molar-refractivity contribution >= 4 is 37.5 Å². The van der Waals surface area contributed by atoms with Crippen molar-refractivity contribution in [3.8, 4) is 0 Å². The molecule has 78 valence electrons. The Kier molecular flexibility index (Phi) is 4.80. The van der Waals surface area contributed by atoms with Crippen LogP contribution in [0.25, 0.3) is 0 Å². The zero-order valence-corrected chi connectivity index (χ0v) is 10.4. The van der Waals surface area contributed by atoms with E-state index < -0.39 is 6.10 Å². The molecule has 0 fully saturated rings. The van der Waals surface area contributed by atoms with Crippen molar-refractivity contribution in [2.24, 2.45) is 0 Å². The minimum absolute atomic E-state index is 0.258. The fourth-order valence-electron chi connectivity index (χ4n) is 0.839. The number of aliphatic hydroxyl groups excluding tert-OH is 2. The third-order valence-corrected chi connectivity index (χ3v) is 2.61. The molecule has 6 heteroatoms. The Bertz CT molecular complexity index is 309.